The maximum absolute atomic E-state index is 6.28. The van der Waals surface area contributed by atoms with Gasteiger partial charge in [0.05, 0.1) is 23.9 Å². The Bertz CT molecular complexity index is 376. The van der Waals surface area contributed by atoms with Gasteiger partial charge in [-0.3, -0.25) is 0 Å². The highest BCUT2D eigenvalue weighted by Crippen LogP contribution is 2.32. The van der Waals surface area contributed by atoms with Crippen LogP contribution in [0.5, 0.6) is 0 Å². The van der Waals surface area contributed by atoms with Gasteiger partial charge in [0.15, 0.2) is 0 Å². The lowest BCUT2D eigenvalue weighted by atomic mass is 10.1. The molecule has 1 N–H and O–H groups in total. The highest BCUT2D eigenvalue weighted by Gasteiger charge is 2.15. The van der Waals surface area contributed by atoms with Gasteiger partial charge in [-0.2, -0.15) is 0 Å². The molecule has 88 valence electrons. The van der Waals surface area contributed by atoms with Crippen molar-refractivity contribution in [1.29, 1.82) is 0 Å². The molecule has 4 heteroatoms. The minimum absolute atomic E-state index is 0.777. The van der Waals surface area contributed by atoms with Crippen molar-refractivity contribution in [1.82, 2.24) is 0 Å². The van der Waals surface area contributed by atoms with Gasteiger partial charge in [0, 0.05) is 25.8 Å². The third-order valence-electron chi connectivity index (χ3n) is 2.91. The summed E-state index contributed by atoms with van der Waals surface area (Å²) in [5.74, 6) is 0. The molecule has 0 amide bonds. The number of benzene rings is 1. The van der Waals surface area contributed by atoms with Crippen LogP contribution in [0.25, 0.3) is 0 Å². The Hall–Kier alpha value is -0.930. The van der Waals surface area contributed by atoms with Crippen LogP contribution in [0.3, 0.4) is 0 Å². The van der Waals surface area contributed by atoms with Gasteiger partial charge in [-0.1, -0.05) is 11.6 Å². The number of nitrogens with zero attached hydrogens (tertiary/aromatic N) is 1. The van der Waals surface area contributed by atoms with Gasteiger partial charge in [0.2, 0.25) is 0 Å². The number of morpholine rings is 1. The first-order chi connectivity index (χ1) is 7.72. The van der Waals surface area contributed by atoms with Crippen LogP contribution in [0.2, 0.25) is 5.02 Å². The fraction of sp³-hybridized carbons (Fsp3) is 0.500. The van der Waals surface area contributed by atoms with E-state index in [1.807, 2.05) is 13.1 Å². The second-order valence-corrected chi connectivity index (χ2v) is 4.38. The molecule has 0 atom stereocenters. The van der Waals surface area contributed by atoms with Crippen LogP contribution in [-0.2, 0) is 4.74 Å². The monoisotopic (exact) mass is 240 g/mol. The van der Waals surface area contributed by atoms with Crippen molar-refractivity contribution in [3.63, 3.8) is 0 Å². The largest absolute Gasteiger partial charge is 0.388 e. The summed E-state index contributed by atoms with van der Waals surface area (Å²) in [6, 6.07) is 4.13. The summed E-state index contributed by atoms with van der Waals surface area (Å²) in [6.07, 6.45) is 0. The van der Waals surface area contributed by atoms with E-state index >= 15 is 0 Å². The van der Waals surface area contributed by atoms with Gasteiger partial charge in [0.25, 0.3) is 0 Å². The van der Waals surface area contributed by atoms with Crippen molar-refractivity contribution in [2.24, 2.45) is 0 Å². The van der Waals surface area contributed by atoms with E-state index in [0.29, 0.717) is 0 Å². The first-order valence-electron chi connectivity index (χ1n) is 5.53. The smallest absolute Gasteiger partial charge is 0.0643 e. The van der Waals surface area contributed by atoms with E-state index in [1.54, 1.807) is 0 Å². The summed E-state index contributed by atoms with van der Waals surface area (Å²) in [6.45, 7) is 5.43. The molecule has 1 saturated heterocycles. The summed E-state index contributed by atoms with van der Waals surface area (Å²) in [5.41, 5.74) is 3.40. The summed E-state index contributed by atoms with van der Waals surface area (Å²) >= 11 is 6.28. The van der Waals surface area contributed by atoms with Gasteiger partial charge in [-0.25, -0.2) is 0 Å². The molecule has 3 nitrogen and oxygen atoms in total. The molecular formula is C12H17ClN2O. The topological polar surface area (TPSA) is 24.5 Å². The molecule has 1 aliphatic heterocycles. The Morgan fingerprint density at radius 3 is 2.62 bits per heavy atom. The Balaban J connectivity index is 2.31. The van der Waals surface area contributed by atoms with E-state index in [1.165, 1.54) is 5.56 Å². The standard InChI is InChI=1S/C12H17ClN2O/c1-9-7-10(13)12(8-11(9)14-2)15-3-5-16-6-4-15/h7-8,14H,3-6H2,1-2H3. The summed E-state index contributed by atoms with van der Waals surface area (Å²) in [5, 5.41) is 4.00. The highest BCUT2D eigenvalue weighted by atomic mass is 35.5. The number of halogens is 1. The molecule has 1 heterocycles. The predicted octanol–water partition coefficient (Wildman–Crippen LogP) is 2.53. The maximum Gasteiger partial charge on any atom is 0.0643 e. The number of ether oxygens (including phenoxy) is 1. The van der Waals surface area contributed by atoms with Gasteiger partial charge in [-0.05, 0) is 24.6 Å². The van der Waals surface area contributed by atoms with Crippen LogP contribution >= 0.6 is 11.6 Å². The lowest BCUT2D eigenvalue weighted by Crippen LogP contribution is -2.36. The van der Waals surface area contributed by atoms with Gasteiger partial charge in [0.1, 0.15) is 0 Å². The molecule has 1 aromatic carbocycles. The number of hydrogen-bond acceptors (Lipinski definition) is 3. The van der Waals surface area contributed by atoms with Crippen LogP contribution in [0.15, 0.2) is 12.1 Å². The molecule has 0 radical (unpaired) electrons. The van der Waals surface area contributed by atoms with Crippen LogP contribution in [0.4, 0.5) is 11.4 Å². The Morgan fingerprint density at radius 2 is 2.00 bits per heavy atom. The van der Waals surface area contributed by atoms with Crippen LogP contribution < -0.4 is 10.2 Å². The molecule has 16 heavy (non-hydrogen) atoms. The minimum atomic E-state index is 0.777. The SMILES string of the molecule is CNc1cc(N2CCOCC2)c(Cl)cc1C. The number of hydrogen-bond donors (Lipinski definition) is 1. The summed E-state index contributed by atoms with van der Waals surface area (Å²) < 4.78 is 5.34. The van der Waals surface area contributed by atoms with E-state index in [9.17, 15) is 0 Å². The lowest BCUT2D eigenvalue weighted by molar-refractivity contribution is 0.122. The molecule has 0 bridgehead atoms. The lowest BCUT2D eigenvalue weighted by Gasteiger charge is -2.30. The number of anilines is 2. The van der Waals surface area contributed by atoms with Crippen LogP contribution in [-0.4, -0.2) is 33.4 Å². The zero-order valence-corrected chi connectivity index (χ0v) is 10.5. The number of rotatable bonds is 2. The third kappa shape index (κ3) is 2.25. The molecule has 0 aliphatic carbocycles. The van der Waals surface area contributed by atoms with Crippen molar-refractivity contribution in [3.05, 3.63) is 22.7 Å². The van der Waals surface area contributed by atoms with Gasteiger partial charge in [-0.15, -0.1) is 0 Å². The molecule has 0 saturated carbocycles. The summed E-state index contributed by atoms with van der Waals surface area (Å²) in [4.78, 5) is 2.27. The molecule has 2 rings (SSSR count). The van der Waals surface area contributed by atoms with Crippen molar-refractivity contribution in [3.8, 4) is 0 Å². The van der Waals surface area contributed by atoms with Crippen molar-refractivity contribution in [2.45, 2.75) is 6.92 Å². The fourth-order valence-electron chi connectivity index (χ4n) is 1.98. The first-order valence-corrected chi connectivity index (χ1v) is 5.91. The van der Waals surface area contributed by atoms with Crippen molar-refractivity contribution in [2.75, 3.05) is 43.6 Å². The Morgan fingerprint density at radius 1 is 1.31 bits per heavy atom. The zero-order valence-electron chi connectivity index (χ0n) is 9.72. The van der Waals surface area contributed by atoms with E-state index in [0.717, 1.165) is 42.7 Å². The fourth-order valence-corrected chi connectivity index (χ4v) is 2.31. The number of nitrogens with one attached hydrogen (secondary N) is 1. The van der Waals surface area contributed by atoms with Crippen molar-refractivity contribution >= 4 is 23.0 Å². The minimum Gasteiger partial charge on any atom is -0.388 e. The van der Waals surface area contributed by atoms with E-state index in [-0.39, 0.29) is 0 Å². The average Bonchev–Trinajstić information content (AvgIpc) is 2.30. The quantitative estimate of drug-likeness (QED) is 0.860. The molecule has 1 aromatic rings. The molecular weight excluding hydrogens is 224 g/mol. The molecule has 0 aromatic heterocycles. The van der Waals surface area contributed by atoms with Crippen LogP contribution in [0, 0.1) is 6.92 Å². The second-order valence-electron chi connectivity index (χ2n) is 3.97. The third-order valence-corrected chi connectivity index (χ3v) is 3.22. The number of aryl methyl sites for hydroxylation is 1. The molecule has 0 unspecified atom stereocenters. The van der Waals surface area contributed by atoms with E-state index < -0.39 is 0 Å². The van der Waals surface area contributed by atoms with Crippen molar-refractivity contribution < 1.29 is 4.74 Å². The Labute approximate surface area is 101 Å². The predicted molar refractivity (Wildman–Crippen MR) is 68.8 cm³/mol. The second kappa shape index (κ2) is 4.93. The average molecular weight is 241 g/mol. The first kappa shape index (κ1) is 11.6. The summed E-state index contributed by atoms with van der Waals surface area (Å²) in [7, 11) is 1.93. The van der Waals surface area contributed by atoms with E-state index in [2.05, 4.69) is 23.2 Å². The molecule has 1 fully saturated rings. The maximum atomic E-state index is 6.28. The van der Waals surface area contributed by atoms with Gasteiger partial charge < -0.3 is 15.0 Å². The van der Waals surface area contributed by atoms with Crippen LogP contribution in [0.1, 0.15) is 5.56 Å². The highest BCUT2D eigenvalue weighted by molar-refractivity contribution is 6.33. The van der Waals surface area contributed by atoms with Gasteiger partial charge >= 0.3 is 0 Å². The Kier molecular flexibility index (Phi) is 3.56. The molecule has 0 spiro atoms. The zero-order chi connectivity index (χ0) is 11.5. The normalized spacial score (nSPS) is 16.3. The molecule has 1 aliphatic rings. The van der Waals surface area contributed by atoms with E-state index in [4.69, 9.17) is 16.3 Å².